The first-order valence-corrected chi connectivity index (χ1v) is 7.37. The summed E-state index contributed by atoms with van der Waals surface area (Å²) in [5.74, 6) is 0.328. The number of hydrogen-bond acceptors (Lipinski definition) is 6. The molecule has 0 spiro atoms. The number of benzene rings is 1. The van der Waals surface area contributed by atoms with Crippen LogP contribution in [0.5, 0.6) is 11.6 Å². The van der Waals surface area contributed by atoms with Gasteiger partial charge in [-0.15, -0.1) is 0 Å². The van der Waals surface area contributed by atoms with Gasteiger partial charge in [-0.25, -0.2) is 9.78 Å². The Labute approximate surface area is 140 Å². The number of aromatic nitrogens is 1. The number of carbonyl (C=O) groups is 1. The second-order valence-electron chi connectivity index (χ2n) is 4.89. The van der Waals surface area contributed by atoms with Crippen LogP contribution in [-0.4, -0.2) is 31.8 Å². The molecular formula is C18H18N2O4. The molecule has 2 rings (SSSR count). The van der Waals surface area contributed by atoms with Crippen LogP contribution in [0.2, 0.25) is 0 Å². The molecule has 0 radical (unpaired) electrons. The smallest absolute Gasteiger partial charge is 0.340 e. The standard InChI is InChI=1S/C18H18N2O4/c1-5-24-18(21)15-11(2)20-17(23-4)14(10-19)16(15)12-6-8-13(22-3)9-7-12/h6-9H,5H2,1-4H3. The van der Waals surface area contributed by atoms with E-state index in [9.17, 15) is 10.1 Å². The first-order valence-electron chi connectivity index (χ1n) is 7.37. The Kier molecular flexibility index (Phi) is 5.38. The van der Waals surface area contributed by atoms with E-state index in [1.807, 2.05) is 0 Å². The molecular weight excluding hydrogens is 308 g/mol. The van der Waals surface area contributed by atoms with E-state index in [0.717, 1.165) is 0 Å². The molecule has 0 aliphatic carbocycles. The van der Waals surface area contributed by atoms with Crippen molar-refractivity contribution in [3.8, 4) is 28.8 Å². The molecule has 0 N–H and O–H groups in total. The maximum Gasteiger partial charge on any atom is 0.340 e. The van der Waals surface area contributed by atoms with E-state index in [1.54, 1.807) is 45.2 Å². The number of carbonyl (C=O) groups excluding carboxylic acids is 1. The molecule has 0 atom stereocenters. The lowest BCUT2D eigenvalue weighted by Crippen LogP contribution is -2.12. The lowest BCUT2D eigenvalue weighted by molar-refractivity contribution is 0.0525. The molecule has 6 heteroatoms. The van der Waals surface area contributed by atoms with Gasteiger partial charge in [-0.3, -0.25) is 0 Å². The molecule has 0 fully saturated rings. The molecule has 0 amide bonds. The van der Waals surface area contributed by atoms with Gasteiger partial charge >= 0.3 is 5.97 Å². The molecule has 1 aromatic heterocycles. The van der Waals surface area contributed by atoms with E-state index in [-0.39, 0.29) is 23.6 Å². The molecule has 1 heterocycles. The monoisotopic (exact) mass is 326 g/mol. The maximum absolute atomic E-state index is 12.4. The first-order chi connectivity index (χ1) is 11.6. The number of nitrogens with zero attached hydrogens (tertiary/aromatic N) is 2. The summed E-state index contributed by atoms with van der Waals surface area (Å²) in [7, 11) is 3.00. The minimum absolute atomic E-state index is 0.175. The Bertz CT molecular complexity index is 792. The van der Waals surface area contributed by atoms with Crippen LogP contribution < -0.4 is 9.47 Å². The van der Waals surface area contributed by atoms with Crippen molar-refractivity contribution in [1.29, 1.82) is 5.26 Å². The number of nitriles is 1. The minimum atomic E-state index is -0.521. The topological polar surface area (TPSA) is 81.4 Å². The van der Waals surface area contributed by atoms with E-state index in [0.29, 0.717) is 22.6 Å². The molecule has 24 heavy (non-hydrogen) atoms. The average molecular weight is 326 g/mol. The van der Waals surface area contributed by atoms with Crippen molar-refractivity contribution in [1.82, 2.24) is 4.98 Å². The van der Waals surface area contributed by atoms with Gasteiger partial charge in [0, 0.05) is 5.56 Å². The SMILES string of the molecule is CCOC(=O)c1c(C)nc(OC)c(C#N)c1-c1ccc(OC)cc1. The summed E-state index contributed by atoms with van der Waals surface area (Å²) in [6, 6.07) is 9.14. The third-order valence-corrected chi connectivity index (χ3v) is 3.51. The molecule has 124 valence electrons. The molecule has 0 aliphatic heterocycles. The van der Waals surface area contributed by atoms with Gasteiger partial charge in [0.05, 0.1) is 32.1 Å². The number of methoxy groups -OCH3 is 2. The lowest BCUT2D eigenvalue weighted by Gasteiger charge is -2.15. The fraction of sp³-hybridized carbons (Fsp3) is 0.278. The summed E-state index contributed by atoms with van der Waals surface area (Å²) in [6.07, 6.45) is 0. The molecule has 2 aromatic rings. The third-order valence-electron chi connectivity index (χ3n) is 3.51. The van der Waals surface area contributed by atoms with Crippen LogP contribution in [0.3, 0.4) is 0 Å². The van der Waals surface area contributed by atoms with Gasteiger partial charge in [0.15, 0.2) is 0 Å². The van der Waals surface area contributed by atoms with Gasteiger partial charge in [0.2, 0.25) is 5.88 Å². The molecule has 0 saturated heterocycles. The summed E-state index contributed by atoms with van der Waals surface area (Å²) < 4.78 is 15.5. The Morgan fingerprint density at radius 2 is 1.88 bits per heavy atom. The van der Waals surface area contributed by atoms with E-state index in [2.05, 4.69) is 11.1 Å². The second-order valence-corrected chi connectivity index (χ2v) is 4.89. The first kappa shape index (κ1) is 17.3. The summed E-state index contributed by atoms with van der Waals surface area (Å²) in [6.45, 7) is 3.64. The molecule has 6 nitrogen and oxygen atoms in total. The zero-order valence-electron chi connectivity index (χ0n) is 14.0. The fourth-order valence-corrected chi connectivity index (χ4v) is 2.43. The highest BCUT2D eigenvalue weighted by atomic mass is 16.5. The zero-order valence-corrected chi connectivity index (χ0v) is 14.0. The third kappa shape index (κ3) is 3.15. The van der Waals surface area contributed by atoms with E-state index in [4.69, 9.17) is 14.2 Å². The predicted molar refractivity (Wildman–Crippen MR) is 88.2 cm³/mol. The quantitative estimate of drug-likeness (QED) is 0.785. The summed E-state index contributed by atoms with van der Waals surface area (Å²) in [4.78, 5) is 16.6. The minimum Gasteiger partial charge on any atom is -0.497 e. The van der Waals surface area contributed by atoms with Gasteiger partial charge < -0.3 is 14.2 Å². The summed E-state index contributed by atoms with van der Waals surface area (Å²) in [5, 5.41) is 9.57. The van der Waals surface area contributed by atoms with Crippen molar-refractivity contribution >= 4 is 5.97 Å². The zero-order chi connectivity index (χ0) is 17.7. The van der Waals surface area contributed by atoms with Gasteiger partial charge in [-0.2, -0.15) is 5.26 Å². The Balaban J connectivity index is 2.79. The van der Waals surface area contributed by atoms with E-state index < -0.39 is 5.97 Å². The van der Waals surface area contributed by atoms with Crippen LogP contribution in [0, 0.1) is 18.3 Å². The fourth-order valence-electron chi connectivity index (χ4n) is 2.43. The number of pyridine rings is 1. The maximum atomic E-state index is 12.4. The predicted octanol–water partition coefficient (Wildman–Crippen LogP) is 3.12. The van der Waals surface area contributed by atoms with Crippen molar-refractivity contribution in [2.75, 3.05) is 20.8 Å². The van der Waals surface area contributed by atoms with Crippen LogP contribution >= 0.6 is 0 Å². The molecule has 0 saturated carbocycles. The van der Waals surface area contributed by atoms with Crippen molar-refractivity contribution < 1.29 is 19.0 Å². The molecule has 1 aromatic carbocycles. The van der Waals surface area contributed by atoms with Crippen molar-refractivity contribution in [2.45, 2.75) is 13.8 Å². The number of esters is 1. The Morgan fingerprint density at radius 3 is 2.38 bits per heavy atom. The van der Waals surface area contributed by atoms with Crippen LogP contribution in [0.25, 0.3) is 11.1 Å². The molecule has 0 bridgehead atoms. The highest BCUT2D eigenvalue weighted by molar-refractivity contribution is 6.00. The van der Waals surface area contributed by atoms with Crippen LogP contribution in [0.4, 0.5) is 0 Å². The Morgan fingerprint density at radius 1 is 1.21 bits per heavy atom. The largest absolute Gasteiger partial charge is 0.497 e. The average Bonchev–Trinajstić information content (AvgIpc) is 2.60. The number of ether oxygens (including phenoxy) is 3. The highest BCUT2D eigenvalue weighted by Crippen LogP contribution is 2.35. The number of hydrogen-bond donors (Lipinski definition) is 0. The molecule has 0 unspecified atom stereocenters. The van der Waals surface area contributed by atoms with Crippen LogP contribution in [-0.2, 0) is 4.74 Å². The summed E-state index contributed by atoms with van der Waals surface area (Å²) >= 11 is 0. The summed E-state index contributed by atoms with van der Waals surface area (Å²) in [5.41, 5.74) is 2.02. The van der Waals surface area contributed by atoms with Gasteiger partial charge in [0.1, 0.15) is 17.4 Å². The van der Waals surface area contributed by atoms with Gasteiger partial charge in [0.25, 0.3) is 0 Å². The van der Waals surface area contributed by atoms with Crippen molar-refractivity contribution in [3.63, 3.8) is 0 Å². The van der Waals surface area contributed by atoms with Crippen molar-refractivity contribution in [3.05, 3.63) is 41.1 Å². The van der Waals surface area contributed by atoms with Crippen molar-refractivity contribution in [2.24, 2.45) is 0 Å². The number of aryl methyl sites for hydroxylation is 1. The van der Waals surface area contributed by atoms with E-state index >= 15 is 0 Å². The van der Waals surface area contributed by atoms with E-state index in [1.165, 1.54) is 7.11 Å². The second kappa shape index (κ2) is 7.47. The Hall–Kier alpha value is -3.07. The number of rotatable bonds is 5. The van der Waals surface area contributed by atoms with Gasteiger partial charge in [-0.05, 0) is 31.5 Å². The van der Waals surface area contributed by atoms with Gasteiger partial charge in [-0.1, -0.05) is 12.1 Å². The van der Waals surface area contributed by atoms with Crippen LogP contribution in [0.1, 0.15) is 28.5 Å². The lowest BCUT2D eigenvalue weighted by atomic mass is 9.94. The molecule has 0 aliphatic rings. The normalized spacial score (nSPS) is 9.96. The van der Waals surface area contributed by atoms with Crippen LogP contribution in [0.15, 0.2) is 24.3 Å². The highest BCUT2D eigenvalue weighted by Gasteiger charge is 2.25.